The molecule has 0 spiro atoms. The Morgan fingerprint density at radius 2 is 0.909 bits per heavy atom. The average Bonchev–Trinajstić information content (AvgIpc) is 2.09. The van der Waals surface area contributed by atoms with Crippen molar-refractivity contribution in [2.45, 2.75) is 79.6 Å². The maximum atomic E-state index is 9.87. The van der Waals surface area contributed by atoms with E-state index in [2.05, 4.69) is 71.2 Å². The molecule has 0 aromatic carbocycles. The first kappa shape index (κ1) is 23.7. The van der Waals surface area contributed by atoms with Crippen LogP contribution in [0.1, 0.15) is 55.4 Å². The monoisotopic (exact) mass is 358 g/mol. The molecule has 0 rings (SSSR count). The summed E-state index contributed by atoms with van der Waals surface area (Å²) in [6, 6.07) is 2.24. The molecule has 0 N–H and O–H groups in total. The van der Waals surface area contributed by atoms with Gasteiger partial charge in [-0.15, -0.1) is 0 Å². The van der Waals surface area contributed by atoms with E-state index >= 15 is 0 Å². The Morgan fingerprint density at radius 1 is 0.682 bits per heavy atom. The minimum atomic E-state index is -10.7. The van der Waals surface area contributed by atoms with Gasteiger partial charge >= 0.3 is 33.0 Å². The SMILES string of the molecule is CC(C)N(C=[N+](C(C)C)C(C)C)C(C)C.F[P-](F)(F)(F)(F)F. The minimum absolute atomic E-state index is 0.560. The van der Waals surface area contributed by atoms with Crippen molar-refractivity contribution in [3.8, 4) is 0 Å². The topological polar surface area (TPSA) is 6.25 Å². The molecular weight excluding hydrogens is 329 g/mol. The molecule has 0 aromatic rings. The first-order valence-electron chi connectivity index (χ1n) is 7.18. The molecule has 9 heteroatoms. The van der Waals surface area contributed by atoms with Crippen molar-refractivity contribution in [3.63, 3.8) is 0 Å². The van der Waals surface area contributed by atoms with Crippen LogP contribution in [0.25, 0.3) is 0 Å². The van der Waals surface area contributed by atoms with E-state index in [1.54, 1.807) is 0 Å². The number of rotatable bonds is 5. The van der Waals surface area contributed by atoms with Gasteiger partial charge in [-0.2, -0.15) is 0 Å². The predicted octanol–water partition coefficient (Wildman–Crippen LogP) is 6.35. The number of nitrogens with zero attached hydrogens (tertiary/aromatic N) is 2. The standard InChI is InChI=1S/C13H29N2.F6P/c1-10(2)14(11(3)4)9-15(12(5)6)13(7)8;1-7(2,3,4,5)6/h9-13H,1-8H3;/q+1;-1. The summed E-state index contributed by atoms with van der Waals surface area (Å²) in [4.78, 5) is 2.42. The van der Waals surface area contributed by atoms with Crippen LogP contribution in [0, 0.1) is 0 Å². The van der Waals surface area contributed by atoms with E-state index < -0.39 is 7.81 Å². The van der Waals surface area contributed by atoms with Crippen LogP contribution in [0.2, 0.25) is 0 Å². The van der Waals surface area contributed by atoms with Gasteiger partial charge in [-0.1, -0.05) is 0 Å². The summed E-state index contributed by atoms with van der Waals surface area (Å²) in [5.41, 5.74) is 0. The van der Waals surface area contributed by atoms with Gasteiger partial charge in [0.1, 0.15) is 0 Å². The molecule has 0 unspecified atom stereocenters. The van der Waals surface area contributed by atoms with Gasteiger partial charge < -0.3 is 0 Å². The van der Waals surface area contributed by atoms with Crippen LogP contribution in [0.15, 0.2) is 0 Å². The van der Waals surface area contributed by atoms with Gasteiger partial charge in [-0.3, -0.25) is 9.48 Å². The second kappa shape index (κ2) is 6.93. The van der Waals surface area contributed by atoms with Crippen LogP contribution in [0.3, 0.4) is 0 Å². The summed E-state index contributed by atoms with van der Waals surface area (Å²) in [5, 5.41) is 0. The third kappa shape index (κ3) is 17.5. The van der Waals surface area contributed by atoms with Crippen LogP contribution in [-0.4, -0.2) is 40.0 Å². The fourth-order valence-corrected chi connectivity index (χ4v) is 1.88. The van der Waals surface area contributed by atoms with Crippen molar-refractivity contribution in [1.82, 2.24) is 4.90 Å². The first-order chi connectivity index (χ1) is 9.22. The molecule has 0 saturated carbocycles. The van der Waals surface area contributed by atoms with Gasteiger partial charge in [0.25, 0.3) is 0 Å². The molecule has 0 atom stereocenters. The molecule has 0 fully saturated rings. The third-order valence-electron chi connectivity index (χ3n) is 2.65. The summed E-state index contributed by atoms with van der Waals surface area (Å²) in [6.45, 7) is 18.0. The van der Waals surface area contributed by atoms with Crippen LogP contribution >= 0.6 is 7.81 Å². The van der Waals surface area contributed by atoms with Crippen molar-refractivity contribution in [2.24, 2.45) is 0 Å². The summed E-state index contributed by atoms with van der Waals surface area (Å²) < 4.78 is 61.6. The zero-order valence-electron chi connectivity index (χ0n) is 14.5. The average molecular weight is 358 g/mol. The molecule has 0 aliphatic heterocycles. The molecule has 0 radical (unpaired) electrons. The van der Waals surface area contributed by atoms with Crippen molar-refractivity contribution in [1.29, 1.82) is 0 Å². The Hall–Kier alpha value is -0.520. The maximum absolute atomic E-state index is 10.7. The Bertz CT molecular complexity index is 341. The number of halogens is 6. The Balaban J connectivity index is 0. The van der Waals surface area contributed by atoms with Crippen LogP contribution < -0.4 is 0 Å². The van der Waals surface area contributed by atoms with E-state index in [0.29, 0.717) is 24.2 Å². The van der Waals surface area contributed by atoms with E-state index in [1.165, 1.54) is 0 Å². The molecule has 0 aromatic heterocycles. The zero-order valence-corrected chi connectivity index (χ0v) is 15.4. The summed E-state index contributed by atoms with van der Waals surface area (Å²) in [6.07, 6.45) is 2.30. The van der Waals surface area contributed by atoms with Crippen molar-refractivity contribution in [2.75, 3.05) is 0 Å². The summed E-state index contributed by atoms with van der Waals surface area (Å²) in [5.74, 6) is 0. The molecule has 0 bridgehead atoms. The van der Waals surface area contributed by atoms with E-state index in [9.17, 15) is 25.2 Å². The molecular formula is C13H29F6N2P. The van der Waals surface area contributed by atoms with Crippen LogP contribution in [0.5, 0.6) is 0 Å². The van der Waals surface area contributed by atoms with Gasteiger partial charge in [0.15, 0.2) is 0 Å². The number of hydrogen-bond donors (Lipinski definition) is 0. The molecule has 0 aliphatic carbocycles. The Kier molecular flexibility index (Phi) is 7.48. The molecule has 138 valence electrons. The van der Waals surface area contributed by atoms with E-state index in [4.69, 9.17) is 0 Å². The normalized spacial score (nSPS) is 15.4. The third-order valence-corrected chi connectivity index (χ3v) is 2.65. The molecule has 0 aliphatic rings. The molecule has 22 heavy (non-hydrogen) atoms. The first-order valence-corrected chi connectivity index (χ1v) is 9.21. The number of hydrogen-bond acceptors (Lipinski definition) is 0. The molecule has 0 saturated heterocycles. The van der Waals surface area contributed by atoms with Gasteiger partial charge in [0.2, 0.25) is 6.34 Å². The van der Waals surface area contributed by atoms with Gasteiger partial charge in [0.05, 0.1) is 24.2 Å². The van der Waals surface area contributed by atoms with Gasteiger partial charge in [-0.25, -0.2) is 0 Å². The van der Waals surface area contributed by atoms with E-state index in [-0.39, 0.29) is 0 Å². The van der Waals surface area contributed by atoms with Crippen LogP contribution in [-0.2, 0) is 0 Å². The van der Waals surface area contributed by atoms with E-state index in [0.717, 1.165) is 0 Å². The molecule has 2 nitrogen and oxygen atoms in total. The van der Waals surface area contributed by atoms with Crippen molar-refractivity contribution in [3.05, 3.63) is 0 Å². The Labute approximate surface area is 129 Å². The summed E-state index contributed by atoms with van der Waals surface area (Å²) in [7, 11) is -10.7. The van der Waals surface area contributed by atoms with Crippen LogP contribution in [0.4, 0.5) is 25.2 Å². The van der Waals surface area contributed by atoms with Gasteiger partial charge in [0, 0.05) is 0 Å². The summed E-state index contributed by atoms with van der Waals surface area (Å²) >= 11 is 0. The molecule has 0 heterocycles. The quantitative estimate of drug-likeness (QED) is 0.183. The van der Waals surface area contributed by atoms with Crippen molar-refractivity contribution >= 4 is 14.1 Å². The second-order valence-electron chi connectivity index (χ2n) is 6.34. The zero-order chi connectivity index (χ0) is 18.6. The van der Waals surface area contributed by atoms with Crippen molar-refractivity contribution < 1.29 is 29.8 Å². The second-order valence-corrected chi connectivity index (χ2v) is 8.26. The Morgan fingerprint density at radius 3 is 1.05 bits per heavy atom. The predicted molar refractivity (Wildman–Crippen MR) is 82.3 cm³/mol. The molecule has 0 amide bonds. The van der Waals surface area contributed by atoms with Gasteiger partial charge in [-0.05, 0) is 55.4 Å². The fourth-order valence-electron chi connectivity index (χ4n) is 1.88. The van der Waals surface area contributed by atoms with E-state index in [1.807, 2.05) is 0 Å². The fraction of sp³-hybridized carbons (Fsp3) is 0.923.